The van der Waals surface area contributed by atoms with Crippen LogP contribution in [-0.4, -0.2) is 15.0 Å². The van der Waals surface area contributed by atoms with Crippen molar-refractivity contribution in [3.63, 3.8) is 0 Å². The second-order valence-electron chi connectivity index (χ2n) is 3.61. The van der Waals surface area contributed by atoms with Crippen LogP contribution in [0.15, 0.2) is 35.1 Å². The normalized spacial score (nSPS) is 10.6. The third-order valence-corrected chi connectivity index (χ3v) is 3.18. The molecule has 0 aliphatic heterocycles. The van der Waals surface area contributed by atoms with Crippen LogP contribution < -0.4 is 0 Å². The van der Waals surface area contributed by atoms with Crippen molar-refractivity contribution in [3.8, 4) is 17.5 Å². The Labute approximate surface area is 105 Å². The molecule has 0 saturated carbocycles. The Kier molecular flexibility index (Phi) is 2.23. The summed E-state index contributed by atoms with van der Waals surface area (Å²) >= 11 is 3.28. The Morgan fingerprint density at radius 1 is 1.29 bits per heavy atom. The smallest absolute Gasteiger partial charge is 0.173 e. The summed E-state index contributed by atoms with van der Waals surface area (Å²) < 4.78 is 0.611. The van der Waals surface area contributed by atoms with E-state index in [0.29, 0.717) is 16.1 Å². The zero-order chi connectivity index (χ0) is 11.8. The van der Waals surface area contributed by atoms with Gasteiger partial charge in [0.15, 0.2) is 5.69 Å². The van der Waals surface area contributed by atoms with Gasteiger partial charge in [0.1, 0.15) is 16.5 Å². The summed E-state index contributed by atoms with van der Waals surface area (Å²) in [6.45, 7) is 0. The van der Waals surface area contributed by atoms with Crippen LogP contribution in [0, 0.1) is 11.3 Å². The molecule has 0 saturated heterocycles. The van der Waals surface area contributed by atoms with Crippen LogP contribution in [0.25, 0.3) is 22.3 Å². The van der Waals surface area contributed by atoms with Gasteiger partial charge in [-0.3, -0.25) is 0 Å². The van der Waals surface area contributed by atoms with Crippen LogP contribution in [0.5, 0.6) is 0 Å². The van der Waals surface area contributed by atoms with Crippen molar-refractivity contribution in [1.29, 1.82) is 5.26 Å². The minimum absolute atomic E-state index is 0.366. The number of rotatable bonds is 1. The van der Waals surface area contributed by atoms with Gasteiger partial charge < -0.3 is 9.97 Å². The number of aromatic amines is 2. The Balaban J connectivity index is 2.24. The number of aromatic nitrogens is 3. The first kappa shape index (κ1) is 10.1. The predicted octanol–water partition coefficient (Wildman–Crippen LogP) is 3.19. The Bertz CT molecular complexity index is 732. The van der Waals surface area contributed by atoms with Gasteiger partial charge in [0.25, 0.3) is 0 Å². The molecule has 82 valence electrons. The molecule has 2 N–H and O–H groups in total. The van der Waals surface area contributed by atoms with E-state index in [1.807, 2.05) is 36.5 Å². The van der Waals surface area contributed by atoms with Crippen molar-refractivity contribution in [2.45, 2.75) is 0 Å². The molecule has 4 nitrogen and oxygen atoms in total. The standard InChI is InChI=1S/C12H7BrN4/c13-11-10(5-14)16-12(17-11)8-6-15-9-4-2-1-3-7(8)9/h1-4,6,15H,(H,16,17). The molecule has 1 aromatic carbocycles. The van der Waals surface area contributed by atoms with Gasteiger partial charge in [0.2, 0.25) is 0 Å². The number of fused-ring (bicyclic) bond motifs is 1. The van der Waals surface area contributed by atoms with E-state index < -0.39 is 0 Å². The SMILES string of the molecule is N#Cc1nc(-c2c[nH]c3ccccc23)[nH]c1Br. The number of H-pyrrole nitrogens is 2. The van der Waals surface area contributed by atoms with Crippen molar-refractivity contribution in [3.05, 3.63) is 40.8 Å². The fourth-order valence-electron chi connectivity index (χ4n) is 1.82. The molecule has 0 aliphatic rings. The summed E-state index contributed by atoms with van der Waals surface area (Å²) in [6.07, 6.45) is 1.89. The van der Waals surface area contributed by atoms with Gasteiger partial charge in [-0.25, -0.2) is 4.98 Å². The lowest BCUT2D eigenvalue weighted by molar-refractivity contribution is 1.29. The van der Waals surface area contributed by atoms with Crippen LogP contribution in [0.3, 0.4) is 0 Å². The minimum atomic E-state index is 0.366. The van der Waals surface area contributed by atoms with Crippen molar-refractivity contribution < 1.29 is 0 Å². The first-order chi connectivity index (χ1) is 8.29. The van der Waals surface area contributed by atoms with Gasteiger partial charge in [-0.15, -0.1) is 0 Å². The molecule has 0 amide bonds. The number of halogens is 1. The zero-order valence-corrected chi connectivity index (χ0v) is 10.2. The predicted molar refractivity (Wildman–Crippen MR) is 68.3 cm³/mol. The van der Waals surface area contributed by atoms with Gasteiger partial charge in [-0.2, -0.15) is 5.26 Å². The van der Waals surface area contributed by atoms with Crippen LogP contribution in [0.2, 0.25) is 0 Å². The van der Waals surface area contributed by atoms with Crippen molar-refractivity contribution in [2.24, 2.45) is 0 Å². The molecular formula is C12H7BrN4. The number of imidazole rings is 1. The summed E-state index contributed by atoms with van der Waals surface area (Å²) in [5.41, 5.74) is 2.38. The lowest BCUT2D eigenvalue weighted by atomic mass is 10.2. The van der Waals surface area contributed by atoms with Crippen LogP contribution in [0.4, 0.5) is 0 Å². The van der Waals surface area contributed by atoms with Gasteiger partial charge in [0.05, 0.1) is 0 Å². The van der Waals surface area contributed by atoms with Crippen molar-refractivity contribution in [1.82, 2.24) is 15.0 Å². The molecule has 3 aromatic rings. The fourth-order valence-corrected chi connectivity index (χ4v) is 2.19. The number of nitrogens with zero attached hydrogens (tertiary/aromatic N) is 2. The molecule has 3 rings (SSSR count). The molecule has 0 aliphatic carbocycles. The molecule has 2 heterocycles. The van der Waals surface area contributed by atoms with Gasteiger partial charge in [-0.05, 0) is 22.0 Å². The van der Waals surface area contributed by atoms with Gasteiger partial charge >= 0.3 is 0 Å². The fraction of sp³-hybridized carbons (Fsp3) is 0. The zero-order valence-electron chi connectivity index (χ0n) is 8.66. The maximum atomic E-state index is 8.87. The second-order valence-corrected chi connectivity index (χ2v) is 4.40. The Hall–Kier alpha value is -2.06. The molecule has 0 unspecified atom stereocenters. The van der Waals surface area contributed by atoms with E-state index in [9.17, 15) is 0 Å². The molecular weight excluding hydrogens is 280 g/mol. The Morgan fingerprint density at radius 3 is 2.88 bits per heavy atom. The monoisotopic (exact) mass is 286 g/mol. The summed E-state index contributed by atoms with van der Waals surface area (Å²) in [7, 11) is 0. The number of benzene rings is 1. The van der Waals surface area contributed by atoms with E-state index in [-0.39, 0.29) is 0 Å². The van der Waals surface area contributed by atoms with E-state index >= 15 is 0 Å². The highest BCUT2D eigenvalue weighted by atomic mass is 79.9. The van der Waals surface area contributed by atoms with Crippen LogP contribution in [-0.2, 0) is 0 Å². The lowest BCUT2D eigenvalue weighted by Gasteiger charge is -1.93. The van der Waals surface area contributed by atoms with E-state index in [4.69, 9.17) is 5.26 Å². The average molecular weight is 287 g/mol. The highest BCUT2D eigenvalue weighted by molar-refractivity contribution is 9.10. The first-order valence-corrected chi connectivity index (χ1v) is 5.81. The third-order valence-electron chi connectivity index (χ3n) is 2.61. The van der Waals surface area contributed by atoms with Gasteiger partial charge in [-0.1, -0.05) is 18.2 Å². The van der Waals surface area contributed by atoms with Crippen molar-refractivity contribution >= 4 is 26.8 Å². The summed E-state index contributed by atoms with van der Waals surface area (Å²) in [5, 5.41) is 9.95. The molecule has 0 bridgehead atoms. The quantitative estimate of drug-likeness (QED) is 0.721. The molecule has 0 radical (unpaired) electrons. The Morgan fingerprint density at radius 2 is 2.12 bits per heavy atom. The molecule has 2 aromatic heterocycles. The number of para-hydroxylation sites is 1. The minimum Gasteiger partial charge on any atom is -0.360 e. The third kappa shape index (κ3) is 1.54. The largest absolute Gasteiger partial charge is 0.360 e. The number of hydrogen-bond acceptors (Lipinski definition) is 2. The van der Waals surface area contributed by atoms with Gasteiger partial charge in [0, 0.05) is 22.7 Å². The number of hydrogen-bond donors (Lipinski definition) is 2. The second kappa shape index (κ2) is 3.75. The lowest BCUT2D eigenvalue weighted by Crippen LogP contribution is -1.78. The number of nitrogens with one attached hydrogen (secondary N) is 2. The van der Waals surface area contributed by atoms with E-state index in [1.54, 1.807) is 0 Å². The summed E-state index contributed by atoms with van der Waals surface area (Å²) in [5.74, 6) is 0.686. The maximum Gasteiger partial charge on any atom is 0.173 e. The highest BCUT2D eigenvalue weighted by Crippen LogP contribution is 2.28. The van der Waals surface area contributed by atoms with E-state index in [2.05, 4.69) is 30.9 Å². The highest BCUT2D eigenvalue weighted by Gasteiger charge is 2.12. The van der Waals surface area contributed by atoms with Crippen molar-refractivity contribution in [2.75, 3.05) is 0 Å². The summed E-state index contributed by atoms with van der Waals surface area (Å²) in [4.78, 5) is 10.5. The summed E-state index contributed by atoms with van der Waals surface area (Å²) in [6, 6.07) is 9.99. The molecule has 5 heteroatoms. The van der Waals surface area contributed by atoms with Crippen LogP contribution in [0.1, 0.15) is 5.69 Å². The molecule has 0 atom stereocenters. The van der Waals surface area contributed by atoms with E-state index in [1.165, 1.54) is 0 Å². The van der Waals surface area contributed by atoms with Crippen LogP contribution >= 0.6 is 15.9 Å². The molecule has 0 fully saturated rings. The van der Waals surface area contributed by atoms with E-state index in [0.717, 1.165) is 16.5 Å². The topological polar surface area (TPSA) is 68.3 Å². The number of nitriles is 1. The molecule has 17 heavy (non-hydrogen) atoms. The molecule has 0 spiro atoms. The average Bonchev–Trinajstić information content (AvgIpc) is 2.92. The first-order valence-electron chi connectivity index (χ1n) is 5.01. The maximum absolute atomic E-state index is 8.87.